The van der Waals surface area contributed by atoms with Crippen LogP contribution in [0.25, 0.3) is 0 Å². The smallest absolute Gasteiger partial charge is 0.255 e. The summed E-state index contributed by atoms with van der Waals surface area (Å²) >= 11 is 0. The number of rotatable bonds is 3. The minimum atomic E-state index is -0.964. The van der Waals surface area contributed by atoms with E-state index in [2.05, 4.69) is 16.8 Å². The van der Waals surface area contributed by atoms with E-state index in [9.17, 15) is 9.90 Å². The molecule has 1 aromatic heterocycles. The Morgan fingerprint density at radius 2 is 2.21 bits per heavy atom. The quantitative estimate of drug-likeness (QED) is 0.767. The molecular weight excluding hydrogens is 244 g/mol. The highest BCUT2D eigenvalue weighted by Gasteiger charge is 2.21. The van der Waals surface area contributed by atoms with Crippen LogP contribution in [0.2, 0.25) is 0 Å². The Hall–Kier alpha value is -1.90. The SMILES string of the molecule is CN(CC(C)(C)O)C(=O)c1ccncc1C#CCO. The van der Waals surface area contributed by atoms with Crippen LogP contribution in [0.1, 0.15) is 29.8 Å². The first-order valence-electron chi connectivity index (χ1n) is 5.87. The molecule has 0 atom stereocenters. The summed E-state index contributed by atoms with van der Waals surface area (Å²) < 4.78 is 0. The van der Waals surface area contributed by atoms with Crippen LogP contribution in [0, 0.1) is 11.8 Å². The molecule has 0 saturated carbocycles. The maximum Gasteiger partial charge on any atom is 0.255 e. The second kappa shape index (κ2) is 6.32. The predicted octanol–water partition coefficient (Wildman–Crippen LogP) is 0.268. The van der Waals surface area contributed by atoms with Crippen molar-refractivity contribution in [1.29, 1.82) is 0 Å². The molecule has 0 radical (unpaired) electrons. The first-order chi connectivity index (χ1) is 8.85. The van der Waals surface area contributed by atoms with Crippen molar-refractivity contribution in [3.05, 3.63) is 29.6 Å². The number of nitrogens with zero attached hydrogens (tertiary/aromatic N) is 2. The average Bonchev–Trinajstić information content (AvgIpc) is 2.33. The topological polar surface area (TPSA) is 73.7 Å². The Balaban J connectivity index is 2.99. The molecule has 1 aromatic rings. The number of amides is 1. The zero-order valence-corrected chi connectivity index (χ0v) is 11.3. The number of carbonyl (C=O) groups excluding carboxylic acids is 1. The lowest BCUT2D eigenvalue weighted by Crippen LogP contribution is -2.39. The van der Waals surface area contributed by atoms with Gasteiger partial charge in [0.25, 0.3) is 5.91 Å². The van der Waals surface area contributed by atoms with Gasteiger partial charge in [-0.3, -0.25) is 9.78 Å². The Morgan fingerprint density at radius 1 is 1.53 bits per heavy atom. The number of hydrogen-bond acceptors (Lipinski definition) is 4. The van der Waals surface area contributed by atoms with E-state index in [1.165, 1.54) is 17.3 Å². The molecule has 0 bridgehead atoms. The number of aliphatic hydroxyl groups excluding tert-OH is 1. The molecule has 0 aromatic carbocycles. The van der Waals surface area contributed by atoms with E-state index >= 15 is 0 Å². The van der Waals surface area contributed by atoms with Crippen molar-refractivity contribution in [3.63, 3.8) is 0 Å². The van der Waals surface area contributed by atoms with E-state index in [-0.39, 0.29) is 19.1 Å². The third kappa shape index (κ3) is 4.70. The summed E-state index contributed by atoms with van der Waals surface area (Å²) in [5, 5.41) is 18.4. The molecule has 0 saturated heterocycles. The molecule has 0 aliphatic rings. The van der Waals surface area contributed by atoms with Crippen molar-refractivity contribution in [2.45, 2.75) is 19.4 Å². The largest absolute Gasteiger partial charge is 0.389 e. The van der Waals surface area contributed by atoms with Crippen molar-refractivity contribution in [2.24, 2.45) is 0 Å². The van der Waals surface area contributed by atoms with Gasteiger partial charge in [-0.1, -0.05) is 11.8 Å². The minimum absolute atomic E-state index is 0.209. The van der Waals surface area contributed by atoms with E-state index in [0.717, 1.165) is 0 Å². The Morgan fingerprint density at radius 3 is 2.79 bits per heavy atom. The fourth-order valence-corrected chi connectivity index (χ4v) is 1.67. The summed E-state index contributed by atoms with van der Waals surface area (Å²) in [5.74, 6) is 4.94. The first kappa shape index (κ1) is 15.2. The number of likely N-dealkylation sites (N-methyl/N-ethyl adjacent to an activating group) is 1. The van der Waals surface area contributed by atoms with Gasteiger partial charge in [0.1, 0.15) is 6.61 Å². The molecule has 2 N–H and O–H groups in total. The number of pyridine rings is 1. The van der Waals surface area contributed by atoms with Crippen LogP contribution in [0.15, 0.2) is 18.5 Å². The lowest BCUT2D eigenvalue weighted by atomic mass is 10.1. The molecule has 1 heterocycles. The van der Waals surface area contributed by atoms with Gasteiger partial charge in [0.05, 0.1) is 16.7 Å². The van der Waals surface area contributed by atoms with Gasteiger partial charge < -0.3 is 15.1 Å². The summed E-state index contributed by atoms with van der Waals surface area (Å²) in [6.45, 7) is 3.20. The molecule has 0 fully saturated rings. The van der Waals surface area contributed by atoms with E-state index < -0.39 is 5.60 Å². The fraction of sp³-hybridized carbons (Fsp3) is 0.429. The van der Waals surface area contributed by atoms with Gasteiger partial charge in [-0.2, -0.15) is 0 Å². The van der Waals surface area contributed by atoms with E-state index in [0.29, 0.717) is 11.1 Å². The second-order valence-corrected chi connectivity index (χ2v) is 4.85. The monoisotopic (exact) mass is 262 g/mol. The molecule has 1 rings (SSSR count). The number of aliphatic hydroxyl groups is 2. The van der Waals surface area contributed by atoms with Gasteiger partial charge in [0, 0.05) is 26.0 Å². The molecule has 1 amide bonds. The Labute approximate surface area is 112 Å². The predicted molar refractivity (Wildman–Crippen MR) is 71.5 cm³/mol. The summed E-state index contributed by atoms with van der Waals surface area (Å²) in [7, 11) is 1.62. The molecular formula is C14H18N2O3. The van der Waals surface area contributed by atoms with E-state index in [1.807, 2.05) is 0 Å². The highest BCUT2D eigenvalue weighted by molar-refractivity contribution is 5.96. The highest BCUT2D eigenvalue weighted by Crippen LogP contribution is 2.11. The van der Waals surface area contributed by atoms with Crippen molar-refractivity contribution < 1.29 is 15.0 Å². The lowest BCUT2D eigenvalue weighted by molar-refractivity contribution is 0.0367. The summed E-state index contributed by atoms with van der Waals surface area (Å²) in [5.41, 5.74) is -0.0965. The Kier molecular flexibility index (Phi) is 5.04. The first-order valence-corrected chi connectivity index (χ1v) is 5.87. The van der Waals surface area contributed by atoms with Crippen LogP contribution >= 0.6 is 0 Å². The zero-order chi connectivity index (χ0) is 14.5. The molecule has 5 nitrogen and oxygen atoms in total. The van der Waals surface area contributed by atoms with Gasteiger partial charge in [-0.05, 0) is 19.9 Å². The van der Waals surface area contributed by atoms with Crippen molar-refractivity contribution in [2.75, 3.05) is 20.2 Å². The zero-order valence-electron chi connectivity index (χ0n) is 11.3. The average molecular weight is 262 g/mol. The van der Waals surface area contributed by atoms with Crippen molar-refractivity contribution in [3.8, 4) is 11.8 Å². The number of aromatic nitrogens is 1. The molecule has 0 spiro atoms. The number of hydrogen-bond donors (Lipinski definition) is 2. The lowest BCUT2D eigenvalue weighted by Gasteiger charge is -2.25. The molecule has 5 heteroatoms. The van der Waals surface area contributed by atoms with Crippen molar-refractivity contribution in [1.82, 2.24) is 9.88 Å². The summed E-state index contributed by atoms with van der Waals surface area (Å²) in [6.07, 6.45) is 2.99. The normalized spacial score (nSPS) is 10.6. The number of carbonyl (C=O) groups is 1. The fourth-order valence-electron chi connectivity index (χ4n) is 1.67. The van der Waals surface area contributed by atoms with Gasteiger partial charge in [-0.15, -0.1) is 0 Å². The highest BCUT2D eigenvalue weighted by atomic mass is 16.3. The second-order valence-electron chi connectivity index (χ2n) is 4.85. The van der Waals surface area contributed by atoms with Crippen LogP contribution < -0.4 is 0 Å². The molecule has 102 valence electrons. The van der Waals surface area contributed by atoms with E-state index in [4.69, 9.17) is 5.11 Å². The van der Waals surface area contributed by atoms with Gasteiger partial charge >= 0.3 is 0 Å². The Bertz CT molecular complexity index is 509. The standard InChI is InChI=1S/C14H18N2O3/c1-14(2,19)10-16(3)13(18)12-6-7-15-9-11(12)5-4-8-17/h6-7,9,17,19H,8,10H2,1-3H3. The maximum atomic E-state index is 12.3. The maximum absolute atomic E-state index is 12.3. The van der Waals surface area contributed by atoms with Crippen LogP contribution in [0.5, 0.6) is 0 Å². The van der Waals surface area contributed by atoms with Crippen LogP contribution in [0.4, 0.5) is 0 Å². The van der Waals surface area contributed by atoms with E-state index in [1.54, 1.807) is 27.0 Å². The van der Waals surface area contributed by atoms with Gasteiger partial charge in [-0.25, -0.2) is 0 Å². The third-order valence-corrected chi connectivity index (χ3v) is 2.32. The van der Waals surface area contributed by atoms with Crippen LogP contribution in [-0.2, 0) is 0 Å². The van der Waals surface area contributed by atoms with Gasteiger partial charge in [0.15, 0.2) is 0 Å². The molecule has 19 heavy (non-hydrogen) atoms. The third-order valence-electron chi connectivity index (χ3n) is 2.32. The summed E-state index contributed by atoms with van der Waals surface area (Å²) in [4.78, 5) is 17.6. The van der Waals surface area contributed by atoms with Crippen LogP contribution in [0.3, 0.4) is 0 Å². The van der Waals surface area contributed by atoms with Crippen molar-refractivity contribution >= 4 is 5.91 Å². The minimum Gasteiger partial charge on any atom is -0.389 e. The summed E-state index contributed by atoms with van der Waals surface area (Å²) in [6, 6.07) is 1.57. The molecule has 0 aliphatic heterocycles. The van der Waals surface area contributed by atoms with Crippen LogP contribution in [-0.4, -0.2) is 51.8 Å². The van der Waals surface area contributed by atoms with Gasteiger partial charge in [0.2, 0.25) is 0 Å². The molecule has 0 unspecified atom stereocenters. The molecule has 0 aliphatic carbocycles.